The standard InChI is InChI=1S/C28H43NO9/c1-19(18-22(31)25(36-5)24(33)23(32)21(30)13-14-28(2,3)4)26(34)29-15-17-38-27(35)37-16-9-12-20-10-7-6-8-11-20/h6-8,10-11,13-14,19,21,23-25,30,32-33H,9,12,15-18H2,1-5H3,(H,29,34)/b14-13+/t19-,21-,23+,24-,25+/m1/s1. The number of Topliss-reactive ketones (excluding diaryl/α,β-unsaturated/α-hetero) is 1. The fourth-order valence-electron chi connectivity index (χ4n) is 3.46. The predicted octanol–water partition coefficient (Wildman–Crippen LogP) is 2.18. The van der Waals surface area contributed by atoms with Gasteiger partial charge in [-0.15, -0.1) is 0 Å². The Hall–Kier alpha value is -2.79. The maximum atomic E-state index is 12.6. The Labute approximate surface area is 225 Å². The zero-order valence-corrected chi connectivity index (χ0v) is 23.0. The number of aliphatic hydroxyl groups excluding tert-OH is 3. The largest absolute Gasteiger partial charge is 0.508 e. The highest BCUT2D eigenvalue weighted by Gasteiger charge is 2.36. The molecule has 0 heterocycles. The average molecular weight is 538 g/mol. The van der Waals surface area contributed by atoms with E-state index in [1.807, 2.05) is 51.1 Å². The number of ether oxygens (including phenoxy) is 3. The zero-order valence-electron chi connectivity index (χ0n) is 23.0. The smallest absolute Gasteiger partial charge is 0.434 e. The third kappa shape index (κ3) is 13.1. The summed E-state index contributed by atoms with van der Waals surface area (Å²) in [5, 5.41) is 33.4. The van der Waals surface area contributed by atoms with E-state index < -0.39 is 48.2 Å². The molecule has 38 heavy (non-hydrogen) atoms. The van der Waals surface area contributed by atoms with Crippen LogP contribution in [0.3, 0.4) is 0 Å². The minimum absolute atomic E-state index is 0.0256. The second-order valence-corrected chi connectivity index (χ2v) is 10.3. The van der Waals surface area contributed by atoms with E-state index in [0.29, 0.717) is 6.42 Å². The van der Waals surface area contributed by atoms with E-state index >= 15 is 0 Å². The van der Waals surface area contributed by atoms with Crippen molar-refractivity contribution in [2.45, 2.75) is 71.4 Å². The van der Waals surface area contributed by atoms with Gasteiger partial charge in [0.05, 0.1) is 13.2 Å². The van der Waals surface area contributed by atoms with Crippen molar-refractivity contribution >= 4 is 17.8 Å². The van der Waals surface area contributed by atoms with Gasteiger partial charge in [-0.1, -0.05) is 70.2 Å². The minimum Gasteiger partial charge on any atom is -0.434 e. The van der Waals surface area contributed by atoms with Gasteiger partial charge < -0.3 is 34.8 Å². The molecule has 1 aromatic carbocycles. The van der Waals surface area contributed by atoms with Crippen LogP contribution < -0.4 is 5.32 Å². The van der Waals surface area contributed by atoms with E-state index in [2.05, 4.69) is 5.32 Å². The number of carbonyl (C=O) groups excluding carboxylic acids is 3. The number of allylic oxidation sites excluding steroid dienone is 1. The van der Waals surface area contributed by atoms with Crippen molar-refractivity contribution in [2.24, 2.45) is 11.3 Å². The van der Waals surface area contributed by atoms with Crippen molar-refractivity contribution < 1.29 is 43.9 Å². The summed E-state index contributed by atoms with van der Waals surface area (Å²) in [6, 6.07) is 9.81. The Morgan fingerprint density at radius 3 is 2.24 bits per heavy atom. The summed E-state index contributed by atoms with van der Waals surface area (Å²) in [6.45, 7) is 7.36. The SMILES string of the molecule is CO[C@@H](C(=O)C[C@@H](C)C(=O)NCCOC(=O)OCCCc1ccccc1)[C@H](O)[C@@H](O)[C@H](O)/C=C/C(C)(C)C. The lowest BCUT2D eigenvalue weighted by atomic mass is 9.92. The van der Waals surface area contributed by atoms with E-state index in [0.717, 1.165) is 12.0 Å². The number of methoxy groups -OCH3 is 1. The number of aryl methyl sites for hydroxylation is 1. The van der Waals surface area contributed by atoms with Gasteiger partial charge in [-0.2, -0.15) is 0 Å². The molecule has 214 valence electrons. The highest BCUT2D eigenvalue weighted by molar-refractivity contribution is 5.89. The van der Waals surface area contributed by atoms with Gasteiger partial charge in [-0.05, 0) is 23.8 Å². The Morgan fingerprint density at radius 1 is 1.00 bits per heavy atom. The number of benzene rings is 1. The lowest BCUT2D eigenvalue weighted by Crippen LogP contribution is -2.48. The van der Waals surface area contributed by atoms with Gasteiger partial charge in [0, 0.05) is 19.4 Å². The number of carbonyl (C=O) groups is 3. The first kappa shape index (κ1) is 33.2. The molecule has 0 bridgehead atoms. The molecule has 10 nitrogen and oxygen atoms in total. The molecular weight excluding hydrogens is 494 g/mol. The molecule has 0 saturated carbocycles. The Bertz CT molecular complexity index is 882. The van der Waals surface area contributed by atoms with Gasteiger partial charge in [-0.3, -0.25) is 9.59 Å². The predicted molar refractivity (Wildman–Crippen MR) is 141 cm³/mol. The molecular formula is C28H43NO9. The fraction of sp³-hybridized carbons (Fsp3) is 0.607. The summed E-state index contributed by atoms with van der Waals surface area (Å²) in [5.74, 6) is -1.85. The Balaban J connectivity index is 2.36. The number of hydrogen-bond donors (Lipinski definition) is 4. The molecule has 0 aliphatic carbocycles. The van der Waals surface area contributed by atoms with Crippen molar-refractivity contribution in [2.75, 3.05) is 26.9 Å². The van der Waals surface area contributed by atoms with Gasteiger partial charge in [0.2, 0.25) is 5.91 Å². The molecule has 0 fully saturated rings. The maximum absolute atomic E-state index is 12.6. The Morgan fingerprint density at radius 2 is 1.63 bits per heavy atom. The van der Waals surface area contributed by atoms with Crippen molar-refractivity contribution in [1.82, 2.24) is 5.32 Å². The van der Waals surface area contributed by atoms with Crippen molar-refractivity contribution in [3.8, 4) is 0 Å². The summed E-state index contributed by atoms with van der Waals surface area (Å²) in [6.07, 6.45) is -2.85. The molecule has 0 unspecified atom stereocenters. The van der Waals surface area contributed by atoms with Crippen LogP contribution in [0.1, 0.15) is 46.1 Å². The molecule has 4 N–H and O–H groups in total. The number of ketones is 1. The number of rotatable bonds is 16. The van der Waals surface area contributed by atoms with Gasteiger partial charge in [0.25, 0.3) is 0 Å². The van der Waals surface area contributed by atoms with E-state index in [1.165, 1.54) is 20.1 Å². The number of nitrogens with one attached hydrogen (secondary N) is 1. The lowest BCUT2D eigenvalue weighted by molar-refractivity contribution is -0.149. The van der Waals surface area contributed by atoms with Crippen LogP contribution in [0.4, 0.5) is 4.79 Å². The third-order valence-corrected chi connectivity index (χ3v) is 5.62. The van der Waals surface area contributed by atoms with Crippen LogP contribution >= 0.6 is 0 Å². The molecule has 0 spiro atoms. The zero-order chi connectivity index (χ0) is 28.7. The molecule has 0 saturated heterocycles. The molecule has 1 rings (SSSR count). The van der Waals surface area contributed by atoms with Crippen molar-refractivity contribution in [3.05, 3.63) is 48.0 Å². The molecule has 5 atom stereocenters. The molecule has 0 aliphatic heterocycles. The fourth-order valence-corrected chi connectivity index (χ4v) is 3.46. The van der Waals surface area contributed by atoms with Crippen LogP contribution in [-0.4, -0.2) is 84.4 Å². The number of amides is 1. The quantitative estimate of drug-likeness (QED) is 0.141. The lowest BCUT2D eigenvalue weighted by Gasteiger charge is -2.27. The summed E-state index contributed by atoms with van der Waals surface area (Å²) < 4.78 is 15.0. The average Bonchev–Trinajstić information content (AvgIpc) is 2.87. The summed E-state index contributed by atoms with van der Waals surface area (Å²) >= 11 is 0. The van der Waals surface area contributed by atoms with Crippen LogP contribution in [0.15, 0.2) is 42.5 Å². The van der Waals surface area contributed by atoms with Gasteiger partial charge >= 0.3 is 6.16 Å². The molecule has 0 aliphatic rings. The second kappa shape index (κ2) is 16.9. The topological polar surface area (TPSA) is 152 Å². The van der Waals surface area contributed by atoms with Crippen LogP contribution in [0, 0.1) is 11.3 Å². The Kier molecular flexibility index (Phi) is 14.8. The van der Waals surface area contributed by atoms with Crippen LogP contribution in [0.2, 0.25) is 0 Å². The van der Waals surface area contributed by atoms with Gasteiger partial charge in [-0.25, -0.2) is 4.79 Å². The first-order valence-electron chi connectivity index (χ1n) is 12.8. The summed E-state index contributed by atoms with van der Waals surface area (Å²) in [7, 11) is 1.19. The molecule has 0 aromatic heterocycles. The number of aliphatic hydroxyl groups is 3. The van der Waals surface area contributed by atoms with E-state index in [4.69, 9.17) is 14.2 Å². The van der Waals surface area contributed by atoms with Crippen molar-refractivity contribution in [3.63, 3.8) is 0 Å². The van der Waals surface area contributed by atoms with Crippen LogP contribution in [0.25, 0.3) is 0 Å². The highest BCUT2D eigenvalue weighted by atomic mass is 16.7. The first-order valence-corrected chi connectivity index (χ1v) is 12.8. The normalized spacial score (nSPS) is 15.8. The van der Waals surface area contributed by atoms with Crippen molar-refractivity contribution in [1.29, 1.82) is 0 Å². The maximum Gasteiger partial charge on any atom is 0.508 e. The van der Waals surface area contributed by atoms with E-state index in [-0.39, 0.29) is 31.6 Å². The van der Waals surface area contributed by atoms with E-state index in [9.17, 15) is 29.7 Å². The summed E-state index contributed by atoms with van der Waals surface area (Å²) in [4.78, 5) is 36.6. The van der Waals surface area contributed by atoms with E-state index in [1.54, 1.807) is 6.08 Å². The third-order valence-electron chi connectivity index (χ3n) is 5.62. The van der Waals surface area contributed by atoms with Gasteiger partial charge in [0.15, 0.2) is 5.78 Å². The second-order valence-electron chi connectivity index (χ2n) is 10.3. The summed E-state index contributed by atoms with van der Waals surface area (Å²) in [5.41, 5.74) is 0.895. The monoisotopic (exact) mass is 537 g/mol. The number of hydrogen-bond acceptors (Lipinski definition) is 9. The molecule has 10 heteroatoms. The molecule has 1 amide bonds. The van der Waals surface area contributed by atoms with Gasteiger partial charge in [0.1, 0.15) is 31.0 Å². The molecule has 1 aromatic rings. The highest BCUT2D eigenvalue weighted by Crippen LogP contribution is 2.18. The first-order chi connectivity index (χ1) is 17.9. The van der Waals surface area contributed by atoms with Crippen LogP contribution in [0.5, 0.6) is 0 Å². The molecule has 0 radical (unpaired) electrons. The minimum atomic E-state index is -1.70. The van der Waals surface area contributed by atoms with Crippen LogP contribution in [-0.2, 0) is 30.2 Å².